The minimum atomic E-state index is 0.140. The molecule has 0 aliphatic heterocycles. The first-order chi connectivity index (χ1) is 8.99. The van der Waals surface area contributed by atoms with Crippen molar-refractivity contribution in [2.45, 2.75) is 0 Å². The van der Waals surface area contributed by atoms with E-state index in [-0.39, 0.29) is 22.2 Å². The maximum absolute atomic E-state index is 6.03. The van der Waals surface area contributed by atoms with Crippen LogP contribution >= 0.6 is 58.0 Å². The van der Waals surface area contributed by atoms with Crippen LogP contribution in [0.15, 0.2) is 39.3 Å². The van der Waals surface area contributed by atoms with Gasteiger partial charge in [0.05, 0.1) is 5.02 Å². The molecule has 0 N–H and O–H groups in total. The first kappa shape index (κ1) is 16.8. The molecule has 0 aliphatic carbocycles. The zero-order valence-electron chi connectivity index (χ0n) is 9.51. The molecule has 0 radical (unpaired) electrons. The van der Waals surface area contributed by atoms with E-state index in [4.69, 9.17) is 67.5 Å². The average Bonchev–Trinajstić information content (AvgIpc) is 2.31. The Morgan fingerprint density at radius 1 is 0.947 bits per heavy atom. The second-order valence-electron chi connectivity index (χ2n) is 3.20. The SMILES string of the molecule is ClC(Cl)=CCOc1ccc(OCC=C(Cl)Cl)c(Cl)c1. The monoisotopic (exact) mass is 360 g/mol. The largest absolute Gasteiger partial charge is 0.489 e. The minimum absolute atomic E-state index is 0.140. The van der Waals surface area contributed by atoms with Crippen LogP contribution in [0.5, 0.6) is 11.5 Å². The molecular formula is C12H9Cl5O2. The van der Waals surface area contributed by atoms with E-state index in [2.05, 4.69) is 0 Å². The molecule has 0 unspecified atom stereocenters. The summed E-state index contributed by atoms with van der Waals surface area (Å²) in [4.78, 5) is 0. The molecule has 104 valence electrons. The summed E-state index contributed by atoms with van der Waals surface area (Å²) in [5.74, 6) is 1.08. The fourth-order valence-electron chi connectivity index (χ4n) is 1.08. The Balaban J connectivity index is 2.59. The van der Waals surface area contributed by atoms with Crippen molar-refractivity contribution in [1.29, 1.82) is 0 Å². The predicted molar refractivity (Wildman–Crippen MR) is 82.0 cm³/mol. The van der Waals surface area contributed by atoms with Gasteiger partial charge in [-0.05, 0) is 24.3 Å². The Bertz CT molecular complexity index is 477. The van der Waals surface area contributed by atoms with Crippen LogP contribution in [0.4, 0.5) is 0 Å². The van der Waals surface area contributed by atoms with Crippen LogP contribution in [0.25, 0.3) is 0 Å². The quantitative estimate of drug-likeness (QED) is 0.643. The first-order valence-electron chi connectivity index (χ1n) is 5.06. The van der Waals surface area contributed by atoms with E-state index in [1.807, 2.05) is 0 Å². The Hall–Kier alpha value is -0.250. The fourth-order valence-corrected chi connectivity index (χ4v) is 1.56. The smallest absolute Gasteiger partial charge is 0.138 e. The highest BCUT2D eigenvalue weighted by Crippen LogP contribution is 2.29. The van der Waals surface area contributed by atoms with Crippen molar-refractivity contribution >= 4 is 58.0 Å². The van der Waals surface area contributed by atoms with E-state index < -0.39 is 0 Å². The van der Waals surface area contributed by atoms with Gasteiger partial charge in [-0.15, -0.1) is 0 Å². The van der Waals surface area contributed by atoms with Gasteiger partial charge in [-0.3, -0.25) is 0 Å². The molecule has 0 saturated heterocycles. The number of hydrogen-bond donors (Lipinski definition) is 0. The maximum atomic E-state index is 6.03. The molecule has 0 atom stereocenters. The Labute approximate surface area is 136 Å². The number of rotatable bonds is 6. The van der Waals surface area contributed by atoms with Gasteiger partial charge in [0.1, 0.15) is 33.7 Å². The average molecular weight is 362 g/mol. The third-order valence-electron chi connectivity index (χ3n) is 1.87. The second kappa shape index (κ2) is 8.83. The van der Waals surface area contributed by atoms with Crippen LogP contribution in [0, 0.1) is 0 Å². The molecule has 0 fully saturated rings. The standard InChI is InChI=1S/C12H9Cl5O2/c13-9-7-8(18-5-3-11(14)15)1-2-10(9)19-6-4-12(16)17/h1-4,7H,5-6H2. The molecule has 1 aromatic carbocycles. The van der Waals surface area contributed by atoms with Crippen molar-refractivity contribution in [2.75, 3.05) is 13.2 Å². The van der Waals surface area contributed by atoms with Crippen LogP contribution in [-0.4, -0.2) is 13.2 Å². The highest BCUT2D eigenvalue weighted by Gasteiger charge is 2.03. The van der Waals surface area contributed by atoms with Gasteiger partial charge < -0.3 is 9.47 Å². The van der Waals surface area contributed by atoms with Crippen LogP contribution in [-0.2, 0) is 0 Å². The van der Waals surface area contributed by atoms with Gasteiger partial charge in [0, 0.05) is 6.07 Å². The van der Waals surface area contributed by atoms with Gasteiger partial charge in [-0.2, -0.15) is 0 Å². The number of halogens is 5. The summed E-state index contributed by atoms with van der Waals surface area (Å²) in [7, 11) is 0. The number of hydrogen-bond acceptors (Lipinski definition) is 2. The summed E-state index contributed by atoms with van der Waals surface area (Å²) in [6.45, 7) is 0.482. The molecule has 0 saturated carbocycles. The molecular weight excluding hydrogens is 353 g/mol. The Kier molecular flexibility index (Phi) is 7.81. The van der Waals surface area contributed by atoms with Gasteiger partial charge in [0.2, 0.25) is 0 Å². The second-order valence-corrected chi connectivity index (χ2v) is 5.62. The van der Waals surface area contributed by atoms with E-state index in [0.717, 1.165) is 0 Å². The summed E-state index contributed by atoms with van der Waals surface area (Å²) in [5, 5.41) is 0.414. The van der Waals surface area contributed by atoms with E-state index >= 15 is 0 Å². The lowest BCUT2D eigenvalue weighted by Crippen LogP contribution is -1.96. The normalized spacial score (nSPS) is 9.74. The van der Waals surface area contributed by atoms with E-state index in [0.29, 0.717) is 16.5 Å². The van der Waals surface area contributed by atoms with Crippen molar-refractivity contribution in [3.8, 4) is 11.5 Å². The van der Waals surface area contributed by atoms with Crippen LogP contribution in [0.2, 0.25) is 5.02 Å². The first-order valence-corrected chi connectivity index (χ1v) is 6.95. The highest BCUT2D eigenvalue weighted by molar-refractivity contribution is 6.56. The van der Waals surface area contributed by atoms with Crippen molar-refractivity contribution < 1.29 is 9.47 Å². The lowest BCUT2D eigenvalue weighted by molar-refractivity contribution is 0.353. The Morgan fingerprint density at radius 3 is 2.05 bits per heavy atom. The topological polar surface area (TPSA) is 18.5 Å². The summed E-state index contributed by atoms with van der Waals surface area (Å²) >= 11 is 27.9. The molecule has 0 bridgehead atoms. The highest BCUT2D eigenvalue weighted by atomic mass is 35.5. The van der Waals surface area contributed by atoms with Crippen molar-refractivity contribution in [1.82, 2.24) is 0 Å². The van der Waals surface area contributed by atoms with Gasteiger partial charge in [-0.1, -0.05) is 58.0 Å². The zero-order chi connectivity index (χ0) is 14.3. The fraction of sp³-hybridized carbons (Fsp3) is 0.167. The number of ether oxygens (including phenoxy) is 2. The maximum Gasteiger partial charge on any atom is 0.138 e. The van der Waals surface area contributed by atoms with E-state index in [1.54, 1.807) is 18.2 Å². The Morgan fingerprint density at radius 2 is 1.53 bits per heavy atom. The molecule has 0 spiro atoms. The van der Waals surface area contributed by atoms with Gasteiger partial charge in [-0.25, -0.2) is 0 Å². The third kappa shape index (κ3) is 7.19. The van der Waals surface area contributed by atoms with Gasteiger partial charge >= 0.3 is 0 Å². The molecule has 0 aromatic heterocycles. The molecule has 0 heterocycles. The molecule has 0 amide bonds. The molecule has 1 rings (SSSR count). The molecule has 1 aromatic rings. The minimum Gasteiger partial charge on any atom is -0.489 e. The van der Waals surface area contributed by atoms with E-state index in [9.17, 15) is 0 Å². The third-order valence-corrected chi connectivity index (χ3v) is 2.78. The summed E-state index contributed by atoms with van der Waals surface area (Å²) in [6.07, 6.45) is 3.03. The van der Waals surface area contributed by atoms with Crippen LogP contribution in [0.3, 0.4) is 0 Å². The lowest BCUT2D eigenvalue weighted by Gasteiger charge is -2.08. The van der Waals surface area contributed by atoms with Crippen molar-refractivity contribution in [3.05, 3.63) is 44.4 Å². The van der Waals surface area contributed by atoms with Crippen LogP contribution in [0.1, 0.15) is 0 Å². The summed E-state index contributed by atoms with van der Waals surface area (Å²) in [5.41, 5.74) is 0. The number of benzene rings is 1. The zero-order valence-corrected chi connectivity index (χ0v) is 13.3. The molecule has 7 heteroatoms. The van der Waals surface area contributed by atoms with Crippen molar-refractivity contribution in [2.24, 2.45) is 0 Å². The lowest BCUT2D eigenvalue weighted by atomic mass is 10.3. The van der Waals surface area contributed by atoms with Gasteiger partial charge in [0.15, 0.2) is 0 Å². The molecule has 19 heavy (non-hydrogen) atoms. The predicted octanol–water partition coefficient (Wildman–Crippen LogP) is 5.74. The molecule has 0 aliphatic rings. The van der Waals surface area contributed by atoms with Crippen molar-refractivity contribution in [3.63, 3.8) is 0 Å². The summed E-state index contributed by atoms with van der Waals surface area (Å²) in [6, 6.07) is 5.02. The summed E-state index contributed by atoms with van der Waals surface area (Å²) < 4.78 is 11.0. The van der Waals surface area contributed by atoms with E-state index in [1.165, 1.54) is 12.2 Å². The molecule has 2 nitrogen and oxygen atoms in total. The van der Waals surface area contributed by atoms with Crippen LogP contribution < -0.4 is 9.47 Å². The van der Waals surface area contributed by atoms with Gasteiger partial charge in [0.25, 0.3) is 0 Å².